The second kappa shape index (κ2) is 7.77. The van der Waals surface area contributed by atoms with Gasteiger partial charge in [0.15, 0.2) is 0 Å². The summed E-state index contributed by atoms with van der Waals surface area (Å²) in [6, 6.07) is 8.47. The predicted molar refractivity (Wildman–Crippen MR) is 90.9 cm³/mol. The molecule has 1 aromatic carbocycles. The molecule has 1 aromatic rings. The van der Waals surface area contributed by atoms with Gasteiger partial charge in [-0.3, -0.25) is 4.79 Å². The minimum Gasteiger partial charge on any atom is -0.326 e. The zero-order valence-corrected chi connectivity index (χ0v) is 13.4. The largest absolute Gasteiger partial charge is 0.326 e. The monoisotopic (exact) mass is 300 g/mol. The topological polar surface area (TPSA) is 41.1 Å². The number of rotatable bonds is 4. The number of piperidine rings is 1. The number of anilines is 1. The highest BCUT2D eigenvalue weighted by Crippen LogP contribution is 2.25. The average Bonchev–Trinajstić information content (AvgIpc) is 2.58. The Morgan fingerprint density at radius 1 is 1.05 bits per heavy atom. The van der Waals surface area contributed by atoms with Gasteiger partial charge in [0.1, 0.15) is 0 Å². The number of nitrogens with one attached hydrogen (secondary N) is 2. The number of hydrogen-bond donors (Lipinski definition) is 2. The summed E-state index contributed by atoms with van der Waals surface area (Å²) in [6.45, 7) is 2.31. The lowest BCUT2D eigenvalue weighted by Gasteiger charge is -2.23. The molecule has 3 nitrogen and oxygen atoms in total. The molecule has 0 bridgehead atoms. The van der Waals surface area contributed by atoms with Gasteiger partial charge in [-0.1, -0.05) is 31.4 Å². The van der Waals surface area contributed by atoms with Crippen LogP contribution in [0.3, 0.4) is 0 Å². The maximum absolute atomic E-state index is 12.2. The quantitative estimate of drug-likeness (QED) is 0.889. The summed E-state index contributed by atoms with van der Waals surface area (Å²) in [6.07, 6.45) is 9.56. The normalized spacial score (nSPS) is 23.2. The molecule has 1 unspecified atom stereocenters. The molecule has 1 amide bonds. The predicted octanol–water partition coefficient (Wildman–Crippen LogP) is 3.75. The molecule has 1 heterocycles. The van der Waals surface area contributed by atoms with Crippen LogP contribution in [0.15, 0.2) is 24.3 Å². The summed E-state index contributed by atoms with van der Waals surface area (Å²) in [5, 5.41) is 6.56. The van der Waals surface area contributed by atoms with Crippen molar-refractivity contribution in [1.82, 2.24) is 5.32 Å². The van der Waals surface area contributed by atoms with Crippen LogP contribution in [0.2, 0.25) is 0 Å². The van der Waals surface area contributed by atoms with E-state index in [4.69, 9.17) is 0 Å². The molecule has 0 aromatic heterocycles. The Balaban J connectivity index is 1.51. The van der Waals surface area contributed by atoms with Crippen LogP contribution in [-0.4, -0.2) is 19.0 Å². The van der Waals surface area contributed by atoms with Gasteiger partial charge in [0, 0.05) is 11.6 Å². The first-order valence-corrected chi connectivity index (χ1v) is 8.92. The molecular formula is C19H28N2O. The maximum atomic E-state index is 12.2. The van der Waals surface area contributed by atoms with Crippen molar-refractivity contribution in [3.05, 3.63) is 29.8 Å². The van der Waals surface area contributed by atoms with Crippen LogP contribution in [0.25, 0.3) is 0 Å². The number of hydrogen-bond acceptors (Lipinski definition) is 2. The second-order valence-electron chi connectivity index (χ2n) is 6.94. The molecule has 3 heteroatoms. The Labute approximate surface area is 133 Å². The van der Waals surface area contributed by atoms with Gasteiger partial charge in [-0.15, -0.1) is 0 Å². The molecule has 2 N–H and O–H groups in total. The third-order valence-corrected chi connectivity index (χ3v) is 5.12. The van der Waals surface area contributed by atoms with Crippen LogP contribution in [-0.2, 0) is 11.2 Å². The van der Waals surface area contributed by atoms with Gasteiger partial charge >= 0.3 is 0 Å². The molecule has 1 atom stereocenters. The number of amides is 1. The molecule has 1 saturated carbocycles. The van der Waals surface area contributed by atoms with E-state index in [2.05, 4.69) is 34.9 Å². The molecule has 2 fully saturated rings. The van der Waals surface area contributed by atoms with Crippen LogP contribution >= 0.6 is 0 Å². The highest BCUT2D eigenvalue weighted by Gasteiger charge is 2.21. The number of benzene rings is 1. The lowest BCUT2D eigenvalue weighted by Crippen LogP contribution is -2.30. The fourth-order valence-corrected chi connectivity index (χ4v) is 3.76. The van der Waals surface area contributed by atoms with Gasteiger partial charge in [-0.2, -0.15) is 0 Å². The van der Waals surface area contributed by atoms with Gasteiger partial charge in [0.05, 0.1) is 0 Å². The third-order valence-electron chi connectivity index (χ3n) is 5.12. The van der Waals surface area contributed by atoms with E-state index in [0.717, 1.165) is 37.4 Å². The van der Waals surface area contributed by atoms with Crippen molar-refractivity contribution in [2.45, 2.75) is 51.4 Å². The van der Waals surface area contributed by atoms with Crippen molar-refractivity contribution in [3.8, 4) is 0 Å². The van der Waals surface area contributed by atoms with Gasteiger partial charge in [-0.05, 0) is 68.8 Å². The summed E-state index contributed by atoms with van der Waals surface area (Å²) in [7, 11) is 0. The third kappa shape index (κ3) is 4.33. The van der Waals surface area contributed by atoms with Crippen molar-refractivity contribution in [1.29, 1.82) is 0 Å². The van der Waals surface area contributed by atoms with Crippen molar-refractivity contribution in [3.63, 3.8) is 0 Å². The minimum atomic E-state index is 0.212. The van der Waals surface area contributed by atoms with E-state index in [-0.39, 0.29) is 11.8 Å². The minimum absolute atomic E-state index is 0.212. The summed E-state index contributed by atoms with van der Waals surface area (Å²) >= 11 is 0. The molecule has 1 aliphatic heterocycles. The van der Waals surface area contributed by atoms with E-state index in [1.54, 1.807) is 0 Å². The first kappa shape index (κ1) is 15.5. The van der Waals surface area contributed by atoms with Gasteiger partial charge in [-0.25, -0.2) is 0 Å². The standard InChI is InChI=1S/C19H28N2O/c22-19(17-6-2-1-3-7-17)21-18-10-8-15(9-11-18)13-16-5-4-12-20-14-16/h8-11,16-17,20H,1-7,12-14H2,(H,21,22). The van der Waals surface area contributed by atoms with Crippen LogP contribution in [0.4, 0.5) is 5.69 Å². The van der Waals surface area contributed by atoms with Crippen molar-refractivity contribution in [2.75, 3.05) is 18.4 Å². The van der Waals surface area contributed by atoms with E-state index in [0.29, 0.717) is 0 Å². The van der Waals surface area contributed by atoms with Crippen molar-refractivity contribution < 1.29 is 4.79 Å². The van der Waals surface area contributed by atoms with Crippen LogP contribution < -0.4 is 10.6 Å². The molecular weight excluding hydrogens is 272 g/mol. The van der Waals surface area contributed by atoms with Crippen LogP contribution in [0, 0.1) is 11.8 Å². The fraction of sp³-hybridized carbons (Fsp3) is 0.632. The molecule has 1 saturated heterocycles. The summed E-state index contributed by atoms with van der Waals surface area (Å²) in [4.78, 5) is 12.2. The summed E-state index contributed by atoms with van der Waals surface area (Å²) < 4.78 is 0. The first-order chi connectivity index (χ1) is 10.8. The van der Waals surface area contributed by atoms with Crippen LogP contribution in [0.5, 0.6) is 0 Å². The number of carbonyl (C=O) groups excluding carboxylic acids is 1. The highest BCUT2D eigenvalue weighted by molar-refractivity contribution is 5.92. The molecule has 22 heavy (non-hydrogen) atoms. The molecule has 2 aliphatic rings. The summed E-state index contributed by atoms with van der Waals surface area (Å²) in [5.41, 5.74) is 2.32. The fourth-order valence-electron chi connectivity index (χ4n) is 3.76. The Bertz CT molecular complexity index is 471. The molecule has 0 radical (unpaired) electrons. The molecule has 0 spiro atoms. The summed E-state index contributed by atoms with van der Waals surface area (Å²) in [5.74, 6) is 1.20. The highest BCUT2D eigenvalue weighted by atomic mass is 16.1. The van der Waals surface area contributed by atoms with E-state index < -0.39 is 0 Å². The first-order valence-electron chi connectivity index (χ1n) is 8.92. The second-order valence-corrected chi connectivity index (χ2v) is 6.94. The lowest BCUT2D eigenvalue weighted by molar-refractivity contribution is -0.120. The zero-order chi connectivity index (χ0) is 15.2. The SMILES string of the molecule is O=C(Nc1ccc(CC2CCCNC2)cc1)C1CCCCC1. The molecule has 120 valence electrons. The van der Waals surface area contributed by atoms with Crippen molar-refractivity contribution in [2.24, 2.45) is 11.8 Å². The van der Waals surface area contributed by atoms with Crippen LogP contribution in [0.1, 0.15) is 50.5 Å². The number of carbonyl (C=O) groups is 1. The van der Waals surface area contributed by atoms with Gasteiger partial charge < -0.3 is 10.6 Å². The maximum Gasteiger partial charge on any atom is 0.227 e. The molecule has 3 rings (SSSR count). The Kier molecular flexibility index (Phi) is 5.49. The van der Waals surface area contributed by atoms with Crippen molar-refractivity contribution >= 4 is 11.6 Å². The average molecular weight is 300 g/mol. The van der Waals surface area contributed by atoms with E-state index in [1.165, 1.54) is 44.2 Å². The lowest BCUT2D eigenvalue weighted by atomic mass is 9.88. The van der Waals surface area contributed by atoms with E-state index in [1.807, 2.05) is 0 Å². The van der Waals surface area contributed by atoms with Gasteiger partial charge in [0.25, 0.3) is 0 Å². The van der Waals surface area contributed by atoms with Gasteiger partial charge in [0.2, 0.25) is 5.91 Å². The Morgan fingerprint density at radius 2 is 1.82 bits per heavy atom. The smallest absolute Gasteiger partial charge is 0.227 e. The Morgan fingerprint density at radius 3 is 2.50 bits per heavy atom. The zero-order valence-electron chi connectivity index (χ0n) is 13.4. The van der Waals surface area contributed by atoms with E-state index in [9.17, 15) is 4.79 Å². The van der Waals surface area contributed by atoms with E-state index >= 15 is 0 Å². The molecule has 1 aliphatic carbocycles. The Hall–Kier alpha value is -1.35.